The lowest BCUT2D eigenvalue weighted by Gasteiger charge is -2.18. The summed E-state index contributed by atoms with van der Waals surface area (Å²) in [7, 11) is 1.83. The minimum atomic E-state index is -0.544. The molecule has 0 bridgehead atoms. The van der Waals surface area contributed by atoms with Gasteiger partial charge in [0.05, 0.1) is 0 Å². The molecule has 2 rings (SSSR count). The van der Waals surface area contributed by atoms with Gasteiger partial charge in [-0.25, -0.2) is 8.78 Å². The van der Waals surface area contributed by atoms with Crippen molar-refractivity contribution in [2.24, 2.45) is 0 Å². The number of hydrogen-bond donors (Lipinski definition) is 1. The number of benzene rings is 2. The Morgan fingerprint density at radius 1 is 1.11 bits per heavy atom. The van der Waals surface area contributed by atoms with Crippen molar-refractivity contribution in [3.63, 3.8) is 0 Å². The lowest BCUT2D eigenvalue weighted by atomic mass is 9.99. The van der Waals surface area contributed by atoms with Gasteiger partial charge in [-0.05, 0) is 42.8 Å². The Labute approximate surface area is 119 Å². The van der Waals surface area contributed by atoms with Crippen LogP contribution >= 0.6 is 15.9 Å². The number of likely N-dealkylation sites (N-methyl/N-ethyl adjacent to an activating group) is 1. The standard InChI is InChI=1S/C15H14BrF2N/c1-19-15(13-4-2-3-5-14(13)16)8-10-6-11(17)9-12(18)7-10/h2-7,9,15,19H,8H2,1H3. The lowest BCUT2D eigenvalue weighted by molar-refractivity contribution is 0.561. The molecule has 4 heteroatoms. The summed E-state index contributed by atoms with van der Waals surface area (Å²) >= 11 is 3.49. The van der Waals surface area contributed by atoms with Gasteiger partial charge in [-0.2, -0.15) is 0 Å². The van der Waals surface area contributed by atoms with Gasteiger partial charge in [0.25, 0.3) is 0 Å². The molecule has 2 aromatic carbocycles. The average Bonchev–Trinajstić information content (AvgIpc) is 2.36. The van der Waals surface area contributed by atoms with Crippen molar-refractivity contribution in [1.29, 1.82) is 0 Å². The van der Waals surface area contributed by atoms with Gasteiger partial charge in [0.1, 0.15) is 11.6 Å². The van der Waals surface area contributed by atoms with E-state index >= 15 is 0 Å². The van der Waals surface area contributed by atoms with E-state index in [1.165, 1.54) is 12.1 Å². The molecule has 0 amide bonds. The van der Waals surface area contributed by atoms with E-state index in [1.54, 1.807) is 0 Å². The van der Waals surface area contributed by atoms with Crippen LogP contribution < -0.4 is 5.32 Å². The van der Waals surface area contributed by atoms with Gasteiger partial charge >= 0.3 is 0 Å². The molecular weight excluding hydrogens is 312 g/mol. The lowest BCUT2D eigenvalue weighted by Crippen LogP contribution is -2.19. The molecule has 19 heavy (non-hydrogen) atoms. The molecule has 0 heterocycles. The van der Waals surface area contributed by atoms with Crippen molar-refractivity contribution in [3.05, 3.63) is 69.7 Å². The molecule has 0 aliphatic carbocycles. The number of hydrogen-bond acceptors (Lipinski definition) is 1. The largest absolute Gasteiger partial charge is 0.313 e. The summed E-state index contributed by atoms with van der Waals surface area (Å²) in [6.07, 6.45) is 0.522. The molecule has 0 saturated carbocycles. The molecule has 0 aliphatic rings. The average molecular weight is 326 g/mol. The van der Waals surface area contributed by atoms with E-state index in [1.807, 2.05) is 31.3 Å². The van der Waals surface area contributed by atoms with Crippen molar-refractivity contribution < 1.29 is 8.78 Å². The molecule has 2 aromatic rings. The van der Waals surface area contributed by atoms with Crippen molar-refractivity contribution in [2.75, 3.05) is 7.05 Å². The first-order valence-corrected chi connectivity index (χ1v) is 6.76. The highest BCUT2D eigenvalue weighted by Gasteiger charge is 2.13. The van der Waals surface area contributed by atoms with Gasteiger partial charge in [0, 0.05) is 16.6 Å². The van der Waals surface area contributed by atoms with E-state index in [4.69, 9.17) is 0 Å². The monoisotopic (exact) mass is 325 g/mol. The Bertz CT molecular complexity index is 552. The molecular formula is C15H14BrF2N. The molecule has 1 N–H and O–H groups in total. The van der Waals surface area contributed by atoms with Crippen LogP contribution in [0.25, 0.3) is 0 Å². The first kappa shape index (κ1) is 14.2. The Morgan fingerprint density at radius 2 is 1.74 bits per heavy atom. The van der Waals surface area contributed by atoms with Crippen molar-refractivity contribution in [1.82, 2.24) is 5.32 Å². The van der Waals surface area contributed by atoms with Crippen molar-refractivity contribution in [2.45, 2.75) is 12.5 Å². The zero-order chi connectivity index (χ0) is 13.8. The third-order valence-electron chi connectivity index (χ3n) is 2.99. The van der Waals surface area contributed by atoms with E-state index in [2.05, 4.69) is 21.2 Å². The molecule has 1 unspecified atom stereocenters. The highest BCUT2D eigenvalue weighted by atomic mass is 79.9. The molecule has 100 valence electrons. The number of nitrogens with one attached hydrogen (secondary N) is 1. The van der Waals surface area contributed by atoms with Crippen LogP contribution in [0.2, 0.25) is 0 Å². The fourth-order valence-electron chi connectivity index (χ4n) is 2.09. The van der Waals surface area contributed by atoms with Gasteiger partial charge in [0.2, 0.25) is 0 Å². The van der Waals surface area contributed by atoms with Crippen molar-refractivity contribution in [3.8, 4) is 0 Å². The summed E-state index contributed by atoms with van der Waals surface area (Å²) in [5.41, 5.74) is 1.70. The van der Waals surface area contributed by atoms with Crippen LogP contribution in [0.4, 0.5) is 8.78 Å². The quantitative estimate of drug-likeness (QED) is 0.887. The minimum absolute atomic E-state index is 0.00299. The molecule has 0 saturated heterocycles. The van der Waals surface area contributed by atoms with Gasteiger partial charge in [0.15, 0.2) is 0 Å². The molecule has 0 spiro atoms. The van der Waals surface area contributed by atoms with E-state index in [0.29, 0.717) is 12.0 Å². The normalized spacial score (nSPS) is 12.4. The highest BCUT2D eigenvalue weighted by Crippen LogP contribution is 2.26. The van der Waals surface area contributed by atoms with Crippen LogP contribution in [0.3, 0.4) is 0 Å². The summed E-state index contributed by atoms with van der Waals surface area (Å²) in [5, 5.41) is 3.17. The molecule has 1 atom stereocenters. The molecule has 0 fully saturated rings. The predicted octanol–water partition coefficient (Wildman–Crippen LogP) is 4.23. The van der Waals surface area contributed by atoms with E-state index in [9.17, 15) is 8.78 Å². The first-order valence-electron chi connectivity index (χ1n) is 5.97. The zero-order valence-corrected chi connectivity index (χ0v) is 12.0. The maximum absolute atomic E-state index is 13.2. The van der Waals surface area contributed by atoms with Crippen molar-refractivity contribution >= 4 is 15.9 Å². The van der Waals surface area contributed by atoms with E-state index in [0.717, 1.165) is 16.1 Å². The topological polar surface area (TPSA) is 12.0 Å². The van der Waals surface area contributed by atoms with Gasteiger partial charge < -0.3 is 5.32 Å². The maximum Gasteiger partial charge on any atom is 0.126 e. The van der Waals surface area contributed by atoms with Gasteiger partial charge in [-0.3, -0.25) is 0 Å². The Hall–Kier alpha value is -1.26. The van der Waals surface area contributed by atoms with Crippen LogP contribution in [0.15, 0.2) is 46.9 Å². The molecule has 1 nitrogen and oxygen atoms in total. The summed E-state index contributed by atoms with van der Waals surface area (Å²) < 4.78 is 27.4. The number of halogens is 3. The summed E-state index contributed by atoms with van der Waals surface area (Å²) in [6.45, 7) is 0. The van der Waals surface area contributed by atoms with Gasteiger partial charge in [-0.15, -0.1) is 0 Å². The Morgan fingerprint density at radius 3 is 2.32 bits per heavy atom. The summed E-state index contributed by atoms with van der Waals surface area (Å²) in [4.78, 5) is 0. The second-order valence-corrected chi connectivity index (χ2v) is 5.20. The zero-order valence-electron chi connectivity index (χ0n) is 10.5. The second kappa shape index (κ2) is 6.26. The van der Waals surface area contributed by atoms with Crippen LogP contribution in [0, 0.1) is 11.6 Å². The number of rotatable bonds is 4. The Kier molecular flexibility index (Phi) is 4.66. The fourth-order valence-corrected chi connectivity index (χ4v) is 2.65. The summed E-state index contributed by atoms with van der Waals surface area (Å²) in [6, 6.07) is 11.4. The minimum Gasteiger partial charge on any atom is -0.313 e. The first-order chi connectivity index (χ1) is 9.10. The summed E-state index contributed by atoms with van der Waals surface area (Å²) in [5.74, 6) is -1.09. The maximum atomic E-state index is 13.2. The third kappa shape index (κ3) is 3.61. The second-order valence-electron chi connectivity index (χ2n) is 4.34. The van der Waals surface area contributed by atoms with E-state index < -0.39 is 11.6 Å². The highest BCUT2D eigenvalue weighted by molar-refractivity contribution is 9.10. The molecule has 0 aromatic heterocycles. The van der Waals surface area contributed by atoms with Crippen LogP contribution in [-0.2, 0) is 6.42 Å². The predicted molar refractivity (Wildman–Crippen MR) is 76.0 cm³/mol. The molecule has 0 aliphatic heterocycles. The third-order valence-corrected chi connectivity index (χ3v) is 3.71. The van der Waals surface area contributed by atoms with E-state index in [-0.39, 0.29) is 6.04 Å². The van der Waals surface area contributed by atoms with Crippen LogP contribution in [0.1, 0.15) is 17.2 Å². The van der Waals surface area contributed by atoms with Crippen LogP contribution in [0.5, 0.6) is 0 Å². The molecule has 0 radical (unpaired) electrons. The Balaban J connectivity index is 2.26. The smallest absolute Gasteiger partial charge is 0.126 e. The fraction of sp³-hybridized carbons (Fsp3) is 0.200. The van der Waals surface area contributed by atoms with Crippen LogP contribution in [-0.4, -0.2) is 7.05 Å². The van der Waals surface area contributed by atoms with Gasteiger partial charge in [-0.1, -0.05) is 34.1 Å². The SMILES string of the molecule is CNC(Cc1cc(F)cc(F)c1)c1ccccc1Br.